The van der Waals surface area contributed by atoms with Gasteiger partial charge in [-0.05, 0) is 36.1 Å². The van der Waals surface area contributed by atoms with Crippen molar-refractivity contribution in [3.05, 3.63) is 52.7 Å². The number of aromatic nitrogens is 1. The number of pyridine rings is 1. The molecule has 0 saturated heterocycles. The second-order valence-corrected chi connectivity index (χ2v) is 5.94. The van der Waals surface area contributed by atoms with Crippen molar-refractivity contribution in [1.82, 2.24) is 4.98 Å². The minimum absolute atomic E-state index is 0.404. The SMILES string of the molecule is CNc1nc2c(c(-c3ccc(C(=O)OC)cc3)c1C#N)CCC=C2/C=N\N. The Hall–Kier alpha value is -3.66. The Morgan fingerprint density at radius 1 is 1.41 bits per heavy atom. The Labute approximate surface area is 157 Å². The zero-order chi connectivity index (χ0) is 19.4. The van der Waals surface area contributed by atoms with Gasteiger partial charge in [0.05, 0.1) is 24.6 Å². The summed E-state index contributed by atoms with van der Waals surface area (Å²) in [6, 6.07) is 9.28. The van der Waals surface area contributed by atoms with E-state index >= 15 is 0 Å². The van der Waals surface area contributed by atoms with Gasteiger partial charge in [-0.25, -0.2) is 9.78 Å². The van der Waals surface area contributed by atoms with Crippen LogP contribution in [0.4, 0.5) is 5.82 Å². The number of fused-ring (bicyclic) bond motifs is 1. The Bertz CT molecular complexity index is 985. The molecule has 2 aromatic rings. The van der Waals surface area contributed by atoms with E-state index in [0.29, 0.717) is 16.9 Å². The van der Waals surface area contributed by atoms with E-state index in [0.717, 1.165) is 40.8 Å². The van der Waals surface area contributed by atoms with Crippen molar-refractivity contribution in [3.63, 3.8) is 0 Å². The summed E-state index contributed by atoms with van der Waals surface area (Å²) in [7, 11) is 3.07. The number of anilines is 1. The quantitative estimate of drug-likeness (QED) is 0.375. The average molecular weight is 361 g/mol. The Balaban J connectivity index is 2.25. The molecule has 7 heteroatoms. The van der Waals surface area contributed by atoms with Crippen LogP contribution in [-0.4, -0.2) is 31.3 Å². The van der Waals surface area contributed by atoms with Gasteiger partial charge in [-0.1, -0.05) is 18.2 Å². The van der Waals surface area contributed by atoms with Crippen LogP contribution >= 0.6 is 0 Å². The van der Waals surface area contributed by atoms with Gasteiger partial charge in [0.25, 0.3) is 0 Å². The Morgan fingerprint density at radius 2 is 2.15 bits per heavy atom. The summed E-state index contributed by atoms with van der Waals surface area (Å²) in [6.07, 6.45) is 5.14. The normalized spacial score (nSPS) is 12.9. The summed E-state index contributed by atoms with van der Waals surface area (Å²) >= 11 is 0. The summed E-state index contributed by atoms with van der Waals surface area (Å²) in [4.78, 5) is 16.3. The predicted molar refractivity (Wildman–Crippen MR) is 104 cm³/mol. The van der Waals surface area contributed by atoms with Crippen LogP contribution in [0.25, 0.3) is 16.7 Å². The van der Waals surface area contributed by atoms with Crippen molar-refractivity contribution in [2.45, 2.75) is 12.8 Å². The smallest absolute Gasteiger partial charge is 0.337 e. The molecule has 7 nitrogen and oxygen atoms in total. The van der Waals surface area contributed by atoms with E-state index < -0.39 is 5.97 Å². The highest BCUT2D eigenvalue weighted by atomic mass is 16.5. The van der Waals surface area contributed by atoms with E-state index in [9.17, 15) is 10.1 Å². The first-order valence-corrected chi connectivity index (χ1v) is 8.41. The molecule has 0 atom stereocenters. The summed E-state index contributed by atoms with van der Waals surface area (Å²) in [5, 5.41) is 16.4. The van der Waals surface area contributed by atoms with E-state index in [1.807, 2.05) is 18.2 Å². The van der Waals surface area contributed by atoms with Gasteiger partial charge >= 0.3 is 5.97 Å². The fourth-order valence-electron chi connectivity index (χ4n) is 3.27. The number of carbonyl (C=O) groups excluding carboxylic acids is 1. The third-order valence-electron chi connectivity index (χ3n) is 4.49. The number of allylic oxidation sites excluding steroid dienone is 2. The number of nitrogens with one attached hydrogen (secondary N) is 1. The molecule has 1 aliphatic rings. The van der Waals surface area contributed by atoms with Gasteiger partial charge in [0.2, 0.25) is 0 Å². The van der Waals surface area contributed by atoms with Crippen LogP contribution < -0.4 is 11.2 Å². The van der Waals surface area contributed by atoms with Gasteiger partial charge < -0.3 is 15.9 Å². The molecule has 136 valence electrons. The average Bonchev–Trinajstić information content (AvgIpc) is 2.72. The van der Waals surface area contributed by atoms with Crippen molar-refractivity contribution < 1.29 is 9.53 Å². The first-order valence-electron chi connectivity index (χ1n) is 8.41. The predicted octanol–water partition coefficient (Wildman–Crippen LogP) is 2.72. The maximum absolute atomic E-state index is 11.7. The number of nitrogens with zero attached hydrogens (tertiary/aromatic N) is 3. The van der Waals surface area contributed by atoms with Crippen molar-refractivity contribution in [1.29, 1.82) is 5.26 Å². The first-order chi connectivity index (χ1) is 13.1. The highest BCUT2D eigenvalue weighted by Gasteiger charge is 2.24. The maximum Gasteiger partial charge on any atom is 0.337 e. The minimum Gasteiger partial charge on any atom is -0.465 e. The first kappa shape index (κ1) is 18.1. The van der Waals surface area contributed by atoms with E-state index in [1.54, 1.807) is 25.4 Å². The van der Waals surface area contributed by atoms with Gasteiger partial charge in [-0.2, -0.15) is 10.4 Å². The number of benzene rings is 1. The number of esters is 1. The number of nitriles is 1. The summed E-state index contributed by atoms with van der Waals surface area (Å²) in [6.45, 7) is 0. The molecule has 0 spiro atoms. The number of carbonyl (C=O) groups is 1. The minimum atomic E-state index is -0.404. The third kappa shape index (κ3) is 3.25. The lowest BCUT2D eigenvalue weighted by molar-refractivity contribution is 0.0601. The maximum atomic E-state index is 11.7. The fraction of sp³-hybridized carbons (Fsp3) is 0.200. The zero-order valence-corrected chi connectivity index (χ0v) is 15.1. The lowest BCUT2D eigenvalue weighted by Gasteiger charge is -2.21. The van der Waals surface area contributed by atoms with Gasteiger partial charge in [0, 0.05) is 18.2 Å². The molecule has 1 heterocycles. The monoisotopic (exact) mass is 361 g/mol. The molecule has 1 aromatic carbocycles. The van der Waals surface area contributed by atoms with Crippen LogP contribution in [0.3, 0.4) is 0 Å². The molecule has 0 amide bonds. The van der Waals surface area contributed by atoms with Crippen LogP contribution in [0.15, 0.2) is 35.4 Å². The largest absolute Gasteiger partial charge is 0.465 e. The second-order valence-electron chi connectivity index (χ2n) is 5.94. The third-order valence-corrected chi connectivity index (χ3v) is 4.49. The van der Waals surface area contributed by atoms with Crippen LogP contribution in [0.1, 0.15) is 33.6 Å². The highest BCUT2D eigenvalue weighted by Crippen LogP contribution is 2.38. The molecule has 0 radical (unpaired) electrons. The molecular formula is C20H19N5O2. The number of hydrogen-bond acceptors (Lipinski definition) is 7. The molecule has 3 rings (SSSR count). The van der Waals surface area contributed by atoms with Crippen LogP contribution in [0, 0.1) is 11.3 Å². The Morgan fingerprint density at radius 3 is 2.74 bits per heavy atom. The lowest BCUT2D eigenvalue weighted by atomic mass is 9.86. The second kappa shape index (κ2) is 7.70. The van der Waals surface area contributed by atoms with E-state index in [2.05, 4.69) is 21.5 Å². The summed E-state index contributed by atoms with van der Waals surface area (Å²) in [5.74, 6) is 5.42. The lowest BCUT2D eigenvalue weighted by Crippen LogP contribution is -2.11. The van der Waals surface area contributed by atoms with Crippen molar-refractivity contribution in [2.24, 2.45) is 10.9 Å². The summed E-state index contributed by atoms with van der Waals surface area (Å²) < 4.78 is 4.75. The molecule has 3 N–H and O–H groups in total. The summed E-state index contributed by atoms with van der Waals surface area (Å²) in [5.41, 5.74) is 5.10. The number of hydrogen-bond donors (Lipinski definition) is 2. The molecule has 0 aliphatic heterocycles. The zero-order valence-electron chi connectivity index (χ0n) is 15.1. The van der Waals surface area contributed by atoms with Crippen molar-refractivity contribution in [3.8, 4) is 17.2 Å². The molecule has 0 bridgehead atoms. The molecule has 27 heavy (non-hydrogen) atoms. The fourth-order valence-corrected chi connectivity index (χ4v) is 3.27. The van der Waals surface area contributed by atoms with Gasteiger partial charge in [0.15, 0.2) is 0 Å². The van der Waals surface area contributed by atoms with Crippen molar-refractivity contribution in [2.75, 3.05) is 19.5 Å². The van der Waals surface area contributed by atoms with E-state index in [-0.39, 0.29) is 0 Å². The number of hydrazone groups is 1. The number of nitrogens with two attached hydrogens (primary N) is 1. The standard InChI is InChI=1S/C20H19N5O2/c1-23-19-16(10-21)17(12-6-8-13(9-7-12)20(26)27-2)15-5-3-4-14(11-24-22)18(15)25-19/h4,6-9,11H,3,5,22H2,1-2H3,(H,23,25)/b24-11-. The Kier molecular flexibility index (Phi) is 5.18. The molecule has 1 aromatic heterocycles. The van der Waals surface area contributed by atoms with Crippen molar-refractivity contribution >= 4 is 23.6 Å². The van der Waals surface area contributed by atoms with Crippen LogP contribution in [0.5, 0.6) is 0 Å². The van der Waals surface area contributed by atoms with Gasteiger partial charge in [-0.3, -0.25) is 0 Å². The van der Waals surface area contributed by atoms with Gasteiger partial charge in [-0.15, -0.1) is 0 Å². The topological polar surface area (TPSA) is 113 Å². The van der Waals surface area contributed by atoms with E-state index in [4.69, 9.17) is 10.6 Å². The number of methoxy groups -OCH3 is 1. The van der Waals surface area contributed by atoms with Crippen LogP contribution in [-0.2, 0) is 11.2 Å². The number of ether oxygens (including phenoxy) is 1. The number of rotatable bonds is 4. The molecular weight excluding hydrogens is 342 g/mol. The highest BCUT2D eigenvalue weighted by molar-refractivity contribution is 6.11. The molecule has 0 fully saturated rings. The molecule has 0 unspecified atom stereocenters. The molecule has 0 saturated carbocycles. The molecule has 1 aliphatic carbocycles. The van der Waals surface area contributed by atoms with Gasteiger partial charge in [0.1, 0.15) is 17.5 Å². The van der Waals surface area contributed by atoms with E-state index in [1.165, 1.54) is 7.11 Å². The van der Waals surface area contributed by atoms with Crippen LogP contribution in [0.2, 0.25) is 0 Å².